The molecule has 122 valence electrons. The molecular formula is C16H14F3NO2S. The van der Waals surface area contributed by atoms with Crippen LogP contribution < -0.4 is 10.1 Å². The molecule has 2 aromatic rings. The summed E-state index contributed by atoms with van der Waals surface area (Å²) in [6.07, 6.45) is -2.57. The SMILES string of the molecule is CSc1ccccc1NC(=O)COc1cccc(C(F)(F)F)c1. The van der Waals surface area contributed by atoms with Crippen molar-refractivity contribution < 1.29 is 22.7 Å². The first-order valence-electron chi connectivity index (χ1n) is 6.63. The Labute approximate surface area is 135 Å². The van der Waals surface area contributed by atoms with Gasteiger partial charge in [0.05, 0.1) is 11.3 Å². The first-order chi connectivity index (χ1) is 10.9. The minimum atomic E-state index is -4.45. The number of anilines is 1. The number of nitrogens with one attached hydrogen (secondary N) is 1. The number of carbonyl (C=O) groups is 1. The molecule has 0 unspecified atom stereocenters. The highest BCUT2D eigenvalue weighted by atomic mass is 32.2. The predicted octanol–water partition coefficient (Wildman–Crippen LogP) is 4.44. The van der Waals surface area contributed by atoms with E-state index in [1.54, 1.807) is 12.1 Å². The van der Waals surface area contributed by atoms with E-state index < -0.39 is 17.6 Å². The van der Waals surface area contributed by atoms with Crippen molar-refractivity contribution in [1.29, 1.82) is 0 Å². The number of thioether (sulfide) groups is 1. The zero-order chi connectivity index (χ0) is 16.9. The lowest BCUT2D eigenvalue weighted by molar-refractivity contribution is -0.137. The van der Waals surface area contributed by atoms with Gasteiger partial charge in [0.1, 0.15) is 5.75 Å². The molecule has 0 heterocycles. The number of hydrogen-bond acceptors (Lipinski definition) is 3. The summed E-state index contributed by atoms with van der Waals surface area (Å²) in [5.74, 6) is -0.447. The van der Waals surface area contributed by atoms with E-state index in [1.165, 1.54) is 23.9 Å². The maximum Gasteiger partial charge on any atom is 0.416 e. The van der Waals surface area contributed by atoms with Crippen LogP contribution in [0.1, 0.15) is 5.56 Å². The van der Waals surface area contributed by atoms with E-state index in [0.29, 0.717) is 5.69 Å². The van der Waals surface area contributed by atoms with E-state index >= 15 is 0 Å². The van der Waals surface area contributed by atoms with Gasteiger partial charge in [0.25, 0.3) is 5.91 Å². The molecule has 2 rings (SSSR count). The Balaban J connectivity index is 1.97. The molecule has 0 radical (unpaired) electrons. The van der Waals surface area contributed by atoms with Crippen LogP contribution in [-0.4, -0.2) is 18.8 Å². The van der Waals surface area contributed by atoms with Crippen LogP contribution >= 0.6 is 11.8 Å². The molecule has 0 fully saturated rings. The molecule has 0 atom stereocenters. The summed E-state index contributed by atoms with van der Waals surface area (Å²) >= 11 is 1.48. The molecule has 2 aromatic carbocycles. The molecule has 23 heavy (non-hydrogen) atoms. The molecule has 0 aromatic heterocycles. The van der Waals surface area contributed by atoms with Gasteiger partial charge in [0.2, 0.25) is 0 Å². The van der Waals surface area contributed by atoms with E-state index in [2.05, 4.69) is 5.32 Å². The molecule has 3 nitrogen and oxygen atoms in total. The smallest absolute Gasteiger partial charge is 0.416 e. The number of rotatable bonds is 5. The fourth-order valence-electron chi connectivity index (χ4n) is 1.85. The third-order valence-corrected chi connectivity index (χ3v) is 3.71. The van der Waals surface area contributed by atoms with Crippen LogP contribution in [0.15, 0.2) is 53.4 Å². The molecule has 1 N–H and O–H groups in total. The molecule has 0 aliphatic carbocycles. The Bertz CT molecular complexity index is 689. The number of carbonyl (C=O) groups excluding carboxylic acids is 1. The third-order valence-electron chi connectivity index (χ3n) is 2.91. The number of para-hydroxylation sites is 1. The lowest BCUT2D eigenvalue weighted by atomic mass is 10.2. The summed E-state index contributed by atoms with van der Waals surface area (Å²) in [7, 11) is 0. The number of benzene rings is 2. The molecule has 0 aliphatic rings. The van der Waals surface area contributed by atoms with Crippen LogP contribution in [0.2, 0.25) is 0 Å². The van der Waals surface area contributed by atoms with Crippen molar-refractivity contribution in [2.24, 2.45) is 0 Å². The Morgan fingerprint density at radius 2 is 1.91 bits per heavy atom. The van der Waals surface area contributed by atoms with E-state index in [0.717, 1.165) is 17.0 Å². The van der Waals surface area contributed by atoms with E-state index in [9.17, 15) is 18.0 Å². The Morgan fingerprint density at radius 3 is 2.61 bits per heavy atom. The van der Waals surface area contributed by atoms with Crippen LogP contribution in [0.4, 0.5) is 18.9 Å². The molecule has 0 saturated carbocycles. The number of halogens is 3. The summed E-state index contributed by atoms with van der Waals surface area (Å²) in [5, 5.41) is 2.67. The molecule has 0 bridgehead atoms. The predicted molar refractivity (Wildman–Crippen MR) is 83.8 cm³/mol. The van der Waals surface area contributed by atoms with Gasteiger partial charge in [-0.15, -0.1) is 11.8 Å². The molecular weight excluding hydrogens is 327 g/mol. The normalized spacial score (nSPS) is 11.1. The largest absolute Gasteiger partial charge is 0.484 e. The number of alkyl halides is 3. The lowest BCUT2D eigenvalue weighted by Gasteiger charge is -2.11. The second-order valence-corrected chi connectivity index (χ2v) is 5.41. The Morgan fingerprint density at radius 1 is 1.17 bits per heavy atom. The topological polar surface area (TPSA) is 38.3 Å². The summed E-state index contributed by atoms with van der Waals surface area (Å²) in [6.45, 7) is -0.371. The van der Waals surface area contributed by atoms with Crippen molar-refractivity contribution in [3.63, 3.8) is 0 Å². The molecule has 1 amide bonds. The van der Waals surface area contributed by atoms with Crippen molar-refractivity contribution in [2.75, 3.05) is 18.2 Å². The highest BCUT2D eigenvalue weighted by Crippen LogP contribution is 2.31. The molecule has 7 heteroatoms. The second kappa shape index (κ2) is 7.41. The van der Waals surface area contributed by atoms with Crippen molar-refractivity contribution >= 4 is 23.4 Å². The summed E-state index contributed by atoms with van der Waals surface area (Å²) in [4.78, 5) is 12.8. The minimum Gasteiger partial charge on any atom is -0.484 e. The number of ether oxygens (including phenoxy) is 1. The standard InChI is InChI=1S/C16H14F3NO2S/c1-23-14-8-3-2-7-13(14)20-15(21)10-22-12-6-4-5-11(9-12)16(17,18)19/h2-9H,10H2,1H3,(H,20,21). The highest BCUT2D eigenvalue weighted by Gasteiger charge is 2.30. The van der Waals surface area contributed by atoms with Gasteiger partial charge < -0.3 is 10.1 Å². The zero-order valence-electron chi connectivity index (χ0n) is 12.2. The van der Waals surface area contributed by atoms with Crippen LogP contribution in [0, 0.1) is 0 Å². The fraction of sp³-hybridized carbons (Fsp3) is 0.188. The second-order valence-electron chi connectivity index (χ2n) is 4.56. The quantitative estimate of drug-likeness (QED) is 0.817. The van der Waals surface area contributed by atoms with Gasteiger partial charge in [-0.1, -0.05) is 18.2 Å². The first-order valence-corrected chi connectivity index (χ1v) is 7.85. The van der Waals surface area contributed by atoms with Gasteiger partial charge in [0, 0.05) is 4.90 Å². The summed E-state index contributed by atoms with van der Waals surface area (Å²) in [6, 6.07) is 11.6. The van der Waals surface area contributed by atoms with E-state index in [1.807, 2.05) is 18.4 Å². The van der Waals surface area contributed by atoms with Gasteiger partial charge >= 0.3 is 6.18 Å². The zero-order valence-corrected chi connectivity index (χ0v) is 13.0. The fourth-order valence-corrected chi connectivity index (χ4v) is 2.40. The van der Waals surface area contributed by atoms with Gasteiger partial charge in [-0.3, -0.25) is 4.79 Å². The minimum absolute atomic E-state index is 0.00636. The van der Waals surface area contributed by atoms with Crippen molar-refractivity contribution in [2.45, 2.75) is 11.1 Å². The Kier molecular flexibility index (Phi) is 5.54. The molecule has 0 saturated heterocycles. The maximum atomic E-state index is 12.6. The first kappa shape index (κ1) is 17.2. The van der Waals surface area contributed by atoms with Gasteiger partial charge in [0.15, 0.2) is 6.61 Å². The van der Waals surface area contributed by atoms with Crippen molar-refractivity contribution in [1.82, 2.24) is 0 Å². The van der Waals surface area contributed by atoms with Gasteiger partial charge in [-0.2, -0.15) is 13.2 Å². The van der Waals surface area contributed by atoms with Crippen molar-refractivity contribution in [3.8, 4) is 5.75 Å². The summed E-state index contributed by atoms with van der Waals surface area (Å²) in [5.41, 5.74) is -0.180. The van der Waals surface area contributed by atoms with E-state index in [4.69, 9.17) is 4.74 Å². The van der Waals surface area contributed by atoms with E-state index in [-0.39, 0.29) is 12.4 Å². The highest BCUT2D eigenvalue weighted by molar-refractivity contribution is 7.98. The van der Waals surface area contributed by atoms with Gasteiger partial charge in [-0.05, 0) is 36.6 Å². The summed E-state index contributed by atoms with van der Waals surface area (Å²) < 4.78 is 42.9. The maximum absolute atomic E-state index is 12.6. The molecule has 0 spiro atoms. The van der Waals surface area contributed by atoms with Crippen LogP contribution in [0.3, 0.4) is 0 Å². The molecule has 0 aliphatic heterocycles. The average molecular weight is 341 g/mol. The van der Waals surface area contributed by atoms with Crippen molar-refractivity contribution in [3.05, 3.63) is 54.1 Å². The number of hydrogen-bond donors (Lipinski definition) is 1. The average Bonchev–Trinajstić information content (AvgIpc) is 2.53. The van der Waals surface area contributed by atoms with Crippen LogP contribution in [-0.2, 0) is 11.0 Å². The van der Waals surface area contributed by atoms with Gasteiger partial charge in [-0.25, -0.2) is 0 Å². The number of amides is 1. The third kappa shape index (κ3) is 4.92. The Hall–Kier alpha value is -2.15. The van der Waals surface area contributed by atoms with Crippen LogP contribution in [0.5, 0.6) is 5.75 Å². The monoisotopic (exact) mass is 341 g/mol. The van der Waals surface area contributed by atoms with Crippen LogP contribution in [0.25, 0.3) is 0 Å². The lowest BCUT2D eigenvalue weighted by Crippen LogP contribution is -2.20.